The van der Waals surface area contributed by atoms with Crippen molar-refractivity contribution >= 4 is 24.4 Å². The smallest absolute Gasteiger partial charge is 0.157 e. The fourth-order valence-corrected chi connectivity index (χ4v) is 1.77. The highest BCUT2D eigenvalue weighted by Gasteiger charge is 2.19. The number of aromatic nitrogens is 2. The Balaban J connectivity index is 2.55. The molecule has 5 nitrogen and oxygen atoms in total. The van der Waals surface area contributed by atoms with Gasteiger partial charge in [-0.15, -0.1) is 0 Å². The second-order valence-electron chi connectivity index (χ2n) is 3.52. The van der Waals surface area contributed by atoms with Gasteiger partial charge in [0.1, 0.15) is 11.5 Å². The Bertz CT molecular complexity index is 467. The van der Waals surface area contributed by atoms with Gasteiger partial charge < -0.3 is 5.32 Å². The first-order valence-corrected chi connectivity index (χ1v) is 5.23. The topological polar surface area (TPSA) is 54.6 Å². The maximum atomic E-state index is 4.42. The van der Waals surface area contributed by atoms with E-state index in [9.17, 15) is 0 Å². The van der Waals surface area contributed by atoms with Gasteiger partial charge in [0.25, 0.3) is 0 Å². The van der Waals surface area contributed by atoms with Crippen LogP contribution in [0.25, 0.3) is 6.08 Å². The predicted octanol–water partition coefficient (Wildman–Crippen LogP) is 1.14. The maximum Gasteiger partial charge on any atom is 0.157 e. The normalized spacial score (nSPS) is 15.2. The lowest BCUT2D eigenvalue weighted by Gasteiger charge is -1.98. The van der Waals surface area contributed by atoms with Crippen molar-refractivity contribution in [3.63, 3.8) is 0 Å². The van der Waals surface area contributed by atoms with Crippen LogP contribution in [-0.4, -0.2) is 35.4 Å². The number of nitrogens with zero attached hydrogens (tertiary/aromatic N) is 4. The van der Waals surface area contributed by atoms with Gasteiger partial charge in [0.15, 0.2) is 5.82 Å². The van der Waals surface area contributed by atoms with Gasteiger partial charge in [0.05, 0.1) is 6.54 Å². The molecule has 1 aromatic heterocycles. The number of aliphatic imine (C=N–C) groups is 2. The van der Waals surface area contributed by atoms with Crippen LogP contribution in [0.2, 0.25) is 0 Å². The first-order valence-electron chi connectivity index (χ1n) is 5.23. The fourth-order valence-electron chi connectivity index (χ4n) is 1.77. The molecule has 0 atom stereocenters. The number of amidine groups is 1. The van der Waals surface area contributed by atoms with Crippen LogP contribution in [0.3, 0.4) is 0 Å². The molecule has 1 N–H and O–H groups in total. The van der Waals surface area contributed by atoms with Gasteiger partial charge in [0, 0.05) is 19.2 Å². The van der Waals surface area contributed by atoms with E-state index in [0.29, 0.717) is 0 Å². The lowest BCUT2D eigenvalue weighted by atomic mass is 10.2. The van der Waals surface area contributed by atoms with Gasteiger partial charge in [-0.2, -0.15) is 5.10 Å². The van der Waals surface area contributed by atoms with Gasteiger partial charge >= 0.3 is 0 Å². The van der Waals surface area contributed by atoms with Crippen molar-refractivity contribution in [2.45, 2.75) is 6.92 Å². The molecule has 0 amide bonds. The van der Waals surface area contributed by atoms with Gasteiger partial charge in [-0.3, -0.25) is 4.99 Å². The average molecular weight is 217 g/mol. The highest BCUT2D eigenvalue weighted by Crippen LogP contribution is 2.24. The van der Waals surface area contributed by atoms with Gasteiger partial charge in [-0.05, 0) is 13.6 Å². The molecule has 84 valence electrons. The molecule has 16 heavy (non-hydrogen) atoms. The summed E-state index contributed by atoms with van der Waals surface area (Å²) < 4.78 is 1.72. The molecule has 2 rings (SSSR count). The largest absolute Gasteiger partial charge is 0.367 e. The third-order valence-corrected chi connectivity index (χ3v) is 2.43. The maximum absolute atomic E-state index is 4.42. The summed E-state index contributed by atoms with van der Waals surface area (Å²) in [4.78, 5) is 8.37. The molecular weight excluding hydrogens is 202 g/mol. The minimum Gasteiger partial charge on any atom is -0.367 e. The molecule has 1 aliphatic heterocycles. The molecule has 0 aromatic carbocycles. The molecule has 0 saturated heterocycles. The molecule has 0 unspecified atom stereocenters. The van der Waals surface area contributed by atoms with Crippen molar-refractivity contribution in [1.29, 1.82) is 0 Å². The number of allylic oxidation sites excluding steroid dienone is 1. The van der Waals surface area contributed by atoms with Crippen molar-refractivity contribution in [1.82, 2.24) is 15.1 Å². The Morgan fingerprint density at radius 1 is 1.56 bits per heavy atom. The van der Waals surface area contributed by atoms with Crippen molar-refractivity contribution in [2.75, 3.05) is 13.1 Å². The molecule has 2 heterocycles. The van der Waals surface area contributed by atoms with E-state index < -0.39 is 0 Å². The van der Waals surface area contributed by atoms with Crippen molar-refractivity contribution in [3.05, 3.63) is 17.3 Å². The predicted molar refractivity (Wildman–Crippen MR) is 66.5 cm³/mol. The Kier molecular flexibility index (Phi) is 2.85. The fraction of sp³-hybridized carbons (Fsp3) is 0.364. The van der Waals surface area contributed by atoms with Gasteiger partial charge in [-0.1, -0.05) is 12.2 Å². The summed E-state index contributed by atoms with van der Waals surface area (Å²) in [5.74, 6) is 1.61. The summed E-state index contributed by atoms with van der Waals surface area (Å²) in [6.45, 7) is 7.21. The molecule has 1 aromatic rings. The van der Waals surface area contributed by atoms with Crippen LogP contribution in [0, 0.1) is 0 Å². The number of rotatable bonds is 3. The monoisotopic (exact) mass is 217 g/mol. The Labute approximate surface area is 94.6 Å². The van der Waals surface area contributed by atoms with E-state index in [1.807, 2.05) is 26.1 Å². The first kappa shape index (κ1) is 10.6. The van der Waals surface area contributed by atoms with Crippen molar-refractivity contribution < 1.29 is 0 Å². The van der Waals surface area contributed by atoms with Crippen LogP contribution in [0.5, 0.6) is 0 Å². The molecule has 0 fully saturated rings. The molecule has 0 aliphatic carbocycles. The van der Waals surface area contributed by atoms with Crippen LogP contribution in [-0.2, 0) is 7.05 Å². The lowest BCUT2D eigenvalue weighted by molar-refractivity contribution is 0.766. The summed E-state index contributed by atoms with van der Waals surface area (Å²) in [6.07, 6.45) is 3.94. The highest BCUT2D eigenvalue weighted by molar-refractivity contribution is 6.02. The summed E-state index contributed by atoms with van der Waals surface area (Å²) in [6, 6.07) is 0. The second kappa shape index (κ2) is 4.30. The van der Waals surface area contributed by atoms with E-state index in [1.54, 1.807) is 4.68 Å². The summed E-state index contributed by atoms with van der Waals surface area (Å²) in [5.41, 5.74) is 1.81. The zero-order chi connectivity index (χ0) is 11.5. The second-order valence-corrected chi connectivity index (χ2v) is 3.52. The van der Waals surface area contributed by atoms with Crippen LogP contribution in [0.4, 0.5) is 5.82 Å². The summed E-state index contributed by atoms with van der Waals surface area (Å²) in [5, 5.41) is 7.63. The Morgan fingerprint density at radius 3 is 2.94 bits per heavy atom. The van der Waals surface area contributed by atoms with Gasteiger partial charge in [-0.25, -0.2) is 9.67 Å². The number of aryl methyl sites for hydroxylation is 1. The van der Waals surface area contributed by atoms with E-state index in [-0.39, 0.29) is 0 Å². The summed E-state index contributed by atoms with van der Waals surface area (Å²) >= 11 is 0. The minimum atomic E-state index is 0.768. The van der Waals surface area contributed by atoms with Crippen molar-refractivity contribution in [3.8, 4) is 0 Å². The summed E-state index contributed by atoms with van der Waals surface area (Å²) in [7, 11) is 1.86. The van der Waals surface area contributed by atoms with Crippen molar-refractivity contribution in [2.24, 2.45) is 17.0 Å². The van der Waals surface area contributed by atoms with Crippen LogP contribution >= 0.6 is 0 Å². The Morgan fingerprint density at radius 2 is 2.38 bits per heavy atom. The van der Waals surface area contributed by atoms with E-state index in [0.717, 1.165) is 36.0 Å². The SMILES string of the molecule is C=Nc1c(/C=C\C)c(C2=NCCN2)nn1C. The first-order chi connectivity index (χ1) is 7.77. The highest BCUT2D eigenvalue weighted by atomic mass is 15.3. The van der Waals surface area contributed by atoms with E-state index >= 15 is 0 Å². The Hall–Kier alpha value is -1.91. The third kappa shape index (κ3) is 1.64. The van der Waals surface area contributed by atoms with E-state index in [1.165, 1.54) is 0 Å². The lowest BCUT2D eigenvalue weighted by Crippen LogP contribution is -2.20. The number of hydrogen-bond acceptors (Lipinski definition) is 4. The molecule has 1 aliphatic rings. The third-order valence-electron chi connectivity index (χ3n) is 2.43. The number of hydrogen-bond donors (Lipinski definition) is 1. The zero-order valence-corrected chi connectivity index (χ0v) is 9.56. The average Bonchev–Trinajstić information content (AvgIpc) is 2.87. The molecule has 0 spiro atoms. The molecule has 0 bridgehead atoms. The van der Waals surface area contributed by atoms with Gasteiger partial charge in [0.2, 0.25) is 0 Å². The molecule has 5 heteroatoms. The van der Waals surface area contributed by atoms with E-state index in [4.69, 9.17) is 0 Å². The van der Waals surface area contributed by atoms with Crippen LogP contribution in [0.15, 0.2) is 16.1 Å². The number of nitrogens with one attached hydrogen (secondary N) is 1. The van der Waals surface area contributed by atoms with E-state index in [2.05, 4.69) is 27.1 Å². The standard InChI is InChI=1S/C11H15N5/c1-4-5-8-9(10-13-6-7-14-10)15-16(3)11(8)12-2/h4-5H,2,6-7H2,1,3H3,(H,13,14)/b5-4-. The minimum absolute atomic E-state index is 0.768. The molecule has 0 saturated carbocycles. The zero-order valence-electron chi connectivity index (χ0n) is 9.56. The quantitative estimate of drug-likeness (QED) is 0.772. The molecule has 0 radical (unpaired) electrons. The molecular formula is C11H15N5. The van der Waals surface area contributed by atoms with Crippen LogP contribution < -0.4 is 5.32 Å². The van der Waals surface area contributed by atoms with Crippen LogP contribution in [0.1, 0.15) is 18.2 Å².